The van der Waals surface area contributed by atoms with Crippen molar-refractivity contribution < 1.29 is 18.1 Å². The second-order valence-corrected chi connectivity index (χ2v) is 6.60. The number of hydrogen-bond acceptors (Lipinski definition) is 7. The van der Waals surface area contributed by atoms with Gasteiger partial charge in [-0.1, -0.05) is 6.92 Å². The van der Waals surface area contributed by atoms with Crippen LogP contribution in [0.15, 0.2) is 18.2 Å². The van der Waals surface area contributed by atoms with Crippen molar-refractivity contribution in [2.24, 2.45) is 5.84 Å². The first-order valence-corrected chi connectivity index (χ1v) is 7.86. The number of nitrogens with two attached hydrogens (primary N) is 1. The Balaban J connectivity index is 2.77. The number of hydrazine groups is 1. The number of carbonyl (C=O) groups excluding carboxylic acids is 1. The number of rotatable bonds is 7. The number of benzene rings is 1. The molecule has 21 heavy (non-hydrogen) atoms. The monoisotopic (exact) mass is 316 g/mol. The van der Waals surface area contributed by atoms with E-state index in [1.54, 1.807) is 0 Å². The van der Waals surface area contributed by atoms with E-state index < -0.39 is 20.7 Å². The van der Waals surface area contributed by atoms with Gasteiger partial charge in [-0.15, -0.1) is 0 Å². The van der Waals surface area contributed by atoms with Crippen LogP contribution in [0.25, 0.3) is 0 Å². The summed E-state index contributed by atoms with van der Waals surface area (Å²) in [5.74, 6) is 4.47. The maximum Gasteiger partial charge on any atom is 0.293 e. The third kappa shape index (κ3) is 4.68. The van der Waals surface area contributed by atoms with Gasteiger partial charge in [0.1, 0.15) is 5.69 Å². The number of amides is 1. The SMILES string of the molecule is CCS(=O)(=O)CCNC(=O)c1ccc([N+](=O)[O-])c(NN)c1. The van der Waals surface area contributed by atoms with Crippen LogP contribution in [0.4, 0.5) is 11.4 Å². The van der Waals surface area contributed by atoms with E-state index in [1.165, 1.54) is 19.1 Å². The van der Waals surface area contributed by atoms with Crippen LogP contribution in [0.3, 0.4) is 0 Å². The highest BCUT2D eigenvalue weighted by atomic mass is 32.2. The average molecular weight is 316 g/mol. The van der Waals surface area contributed by atoms with Crippen molar-refractivity contribution in [2.75, 3.05) is 23.5 Å². The van der Waals surface area contributed by atoms with Gasteiger partial charge in [-0.25, -0.2) is 8.42 Å². The Labute approximate surface area is 121 Å². The summed E-state index contributed by atoms with van der Waals surface area (Å²) < 4.78 is 22.6. The quantitative estimate of drug-likeness (QED) is 0.366. The highest BCUT2D eigenvalue weighted by Gasteiger charge is 2.16. The summed E-state index contributed by atoms with van der Waals surface area (Å²) >= 11 is 0. The molecule has 0 bridgehead atoms. The van der Waals surface area contributed by atoms with E-state index in [-0.39, 0.29) is 35.0 Å². The van der Waals surface area contributed by atoms with Crippen molar-refractivity contribution in [2.45, 2.75) is 6.92 Å². The van der Waals surface area contributed by atoms with Crippen LogP contribution in [0.5, 0.6) is 0 Å². The molecule has 0 saturated heterocycles. The summed E-state index contributed by atoms with van der Waals surface area (Å²) in [6, 6.07) is 3.64. The average Bonchev–Trinajstić information content (AvgIpc) is 2.46. The number of anilines is 1. The van der Waals surface area contributed by atoms with E-state index in [9.17, 15) is 23.3 Å². The summed E-state index contributed by atoms with van der Waals surface area (Å²) in [6.45, 7) is 1.49. The van der Waals surface area contributed by atoms with E-state index in [0.29, 0.717) is 0 Å². The van der Waals surface area contributed by atoms with Gasteiger partial charge < -0.3 is 10.7 Å². The van der Waals surface area contributed by atoms with Gasteiger partial charge in [0.2, 0.25) is 0 Å². The molecule has 0 spiro atoms. The number of nitro benzene ring substituents is 1. The molecule has 0 atom stereocenters. The van der Waals surface area contributed by atoms with Crippen molar-refractivity contribution in [3.63, 3.8) is 0 Å². The molecule has 0 unspecified atom stereocenters. The van der Waals surface area contributed by atoms with Gasteiger partial charge in [-0.3, -0.25) is 20.8 Å². The first kappa shape index (κ1) is 16.9. The Morgan fingerprint density at radius 3 is 2.62 bits per heavy atom. The molecule has 1 aromatic rings. The number of nitro groups is 1. The van der Waals surface area contributed by atoms with Crippen LogP contribution >= 0.6 is 0 Å². The van der Waals surface area contributed by atoms with Crippen LogP contribution in [-0.2, 0) is 9.84 Å². The number of nitrogens with zero attached hydrogens (tertiary/aromatic N) is 1. The zero-order chi connectivity index (χ0) is 16.0. The lowest BCUT2D eigenvalue weighted by Gasteiger charge is -2.07. The first-order chi connectivity index (χ1) is 9.80. The van der Waals surface area contributed by atoms with Gasteiger partial charge in [-0.05, 0) is 12.1 Å². The Bertz CT molecular complexity index is 644. The summed E-state index contributed by atoms with van der Waals surface area (Å²) in [6.07, 6.45) is 0. The molecule has 0 heterocycles. The van der Waals surface area contributed by atoms with Gasteiger partial charge in [0.15, 0.2) is 9.84 Å². The molecule has 4 N–H and O–H groups in total. The molecule has 1 aromatic carbocycles. The van der Waals surface area contributed by atoms with Crippen molar-refractivity contribution in [3.8, 4) is 0 Å². The number of hydrogen-bond donors (Lipinski definition) is 3. The molecule has 1 rings (SSSR count). The fourth-order valence-electron chi connectivity index (χ4n) is 1.52. The number of sulfone groups is 1. The van der Waals surface area contributed by atoms with Crippen molar-refractivity contribution in [3.05, 3.63) is 33.9 Å². The molecule has 116 valence electrons. The third-order valence-electron chi connectivity index (χ3n) is 2.75. The van der Waals surface area contributed by atoms with Crippen LogP contribution in [0, 0.1) is 10.1 Å². The summed E-state index contributed by atoms with van der Waals surface area (Å²) in [5.41, 5.74) is 2.02. The molecular formula is C11H16N4O5S. The van der Waals surface area contributed by atoms with Crippen LogP contribution in [0.1, 0.15) is 17.3 Å². The second-order valence-electron chi connectivity index (χ2n) is 4.13. The van der Waals surface area contributed by atoms with E-state index in [4.69, 9.17) is 5.84 Å². The van der Waals surface area contributed by atoms with Gasteiger partial charge in [-0.2, -0.15) is 0 Å². The molecule has 0 aliphatic carbocycles. The third-order valence-corrected chi connectivity index (χ3v) is 4.46. The molecule has 0 aliphatic heterocycles. The Morgan fingerprint density at radius 2 is 2.10 bits per heavy atom. The van der Waals surface area contributed by atoms with E-state index in [2.05, 4.69) is 10.7 Å². The summed E-state index contributed by atoms with van der Waals surface area (Å²) in [5, 5.41) is 13.2. The fraction of sp³-hybridized carbons (Fsp3) is 0.364. The Morgan fingerprint density at radius 1 is 1.43 bits per heavy atom. The largest absolute Gasteiger partial charge is 0.351 e. The molecule has 0 radical (unpaired) electrons. The highest BCUT2D eigenvalue weighted by molar-refractivity contribution is 7.91. The number of nitrogens with one attached hydrogen (secondary N) is 2. The molecule has 1 amide bonds. The maximum absolute atomic E-state index is 11.8. The Hall–Kier alpha value is -2.20. The first-order valence-electron chi connectivity index (χ1n) is 6.04. The van der Waals surface area contributed by atoms with Crippen LogP contribution in [-0.4, -0.2) is 37.3 Å². The molecule has 9 nitrogen and oxygen atoms in total. The topological polar surface area (TPSA) is 144 Å². The molecule has 0 saturated carbocycles. The lowest BCUT2D eigenvalue weighted by molar-refractivity contribution is -0.384. The van der Waals surface area contributed by atoms with Crippen molar-refractivity contribution in [1.29, 1.82) is 0 Å². The summed E-state index contributed by atoms with van der Waals surface area (Å²) in [4.78, 5) is 21.9. The molecular weight excluding hydrogens is 300 g/mol. The second kappa shape index (κ2) is 6.99. The van der Waals surface area contributed by atoms with Crippen molar-refractivity contribution >= 4 is 27.1 Å². The van der Waals surface area contributed by atoms with E-state index in [0.717, 1.165) is 6.07 Å². The zero-order valence-electron chi connectivity index (χ0n) is 11.3. The molecule has 0 aromatic heterocycles. The number of carbonyl (C=O) groups is 1. The van der Waals surface area contributed by atoms with E-state index >= 15 is 0 Å². The molecule has 0 fully saturated rings. The van der Waals surface area contributed by atoms with E-state index in [1.807, 2.05) is 0 Å². The smallest absolute Gasteiger partial charge is 0.293 e. The van der Waals surface area contributed by atoms with Gasteiger partial charge in [0, 0.05) is 23.9 Å². The standard InChI is InChI=1S/C11H16N4O5S/c1-2-21(19,20)6-5-13-11(16)8-3-4-10(15(17)18)9(7-8)14-12/h3-4,7,14H,2,5-6,12H2,1H3,(H,13,16). The lowest BCUT2D eigenvalue weighted by atomic mass is 10.1. The molecule has 10 heteroatoms. The zero-order valence-corrected chi connectivity index (χ0v) is 12.1. The fourth-order valence-corrected chi connectivity index (χ4v) is 2.22. The van der Waals surface area contributed by atoms with Gasteiger partial charge in [0.25, 0.3) is 11.6 Å². The highest BCUT2D eigenvalue weighted by Crippen LogP contribution is 2.24. The maximum atomic E-state index is 11.8. The summed E-state index contributed by atoms with van der Waals surface area (Å²) in [7, 11) is -3.16. The normalized spacial score (nSPS) is 11.0. The van der Waals surface area contributed by atoms with Crippen LogP contribution in [0.2, 0.25) is 0 Å². The predicted octanol–water partition coefficient (Wildman–Crippen LogP) is 0.0449. The minimum atomic E-state index is -3.16. The lowest BCUT2D eigenvalue weighted by Crippen LogP contribution is -2.29. The van der Waals surface area contributed by atoms with Crippen molar-refractivity contribution in [1.82, 2.24) is 5.32 Å². The minimum absolute atomic E-state index is 0.00163. The van der Waals surface area contributed by atoms with Gasteiger partial charge >= 0.3 is 0 Å². The molecule has 0 aliphatic rings. The minimum Gasteiger partial charge on any atom is -0.351 e. The Kier molecular flexibility index (Phi) is 5.61. The number of nitrogen functional groups attached to an aromatic ring is 1. The van der Waals surface area contributed by atoms with Crippen LogP contribution < -0.4 is 16.6 Å². The predicted molar refractivity (Wildman–Crippen MR) is 77.6 cm³/mol. The van der Waals surface area contributed by atoms with Gasteiger partial charge in [0.05, 0.1) is 10.7 Å².